The molecule has 2 aromatic rings. The quantitative estimate of drug-likeness (QED) is 0.833. The topological polar surface area (TPSA) is 29.5 Å². The Balaban J connectivity index is 2.01. The van der Waals surface area contributed by atoms with Crippen LogP contribution in [0, 0.1) is 11.8 Å². The van der Waals surface area contributed by atoms with Gasteiger partial charge in [0.2, 0.25) is 0 Å². The van der Waals surface area contributed by atoms with Crippen molar-refractivity contribution >= 4 is 0 Å². The van der Waals surface area contributed by atoms with Crippen LogP contribution < -0.4 is 4.74 Å². The van der Waals surface area contributed by atoms with Crippen LogP contribution in [0.25, 0.3) is 0 Å². The van der Waals surface area contributed by atoms with Crippen LogP contribution in [0.3, 0.4) is 0 Å². The first-order valence-corrected chi connectivity index (χ1v) is 5.75. The molecule has 0 aliphatic heterocycles. The van der Waals surface area contributed by atoms with E-state index < -0.39 is 0 Å². The van der Waals surface area contributed by atoms with Crippen molar-refractivity contribution in [3.05, 3.63) is 65.7 Å². The molecule has 2 aromatic carbocycles. The zero-order valence-electron chi connectivity index (χ0n) is 9.97. The number of aliphatic hydroxyl groups is 1. The maximum Gasteiger partial charge on any atom is 0.119 e. The number of aliphatic hydroxyl groups excluding tert-OH is 1. The maximum atomic E-state index is 8.65. The van der Waals surface area contributed by atoms with Crippen LogP contribution >= 0.6 is 0 Å². The van der Waals surface area contributed by atoms with Crippen molar-refractivity contribution in [2.24, 2.45) is 0 Å². The van der Waals surface area contributed by atoms with Crippen LogP contribution in [-0.4, -0.2) is 11.7 Å². The third-order valence-corrected chi connectivity index (χ3v) is 2.39. The largest absolute Gasteiger partial charge is 0.489 e. The van der Waals surface area contributed by atoms with Crippen LogP contribution in [0.5, 0.6) is 5.75 Å². The molecule has 2 nitrogen and oxygen atoms in total. The summed E-state index contributed by atoms with van der Waals surface area (Å²) in [7, 11) is 0. The van der Waals surface area contributed by atoms with E-state index in [-0.39, 0.29) is 6.61 Å². The number of hydrogen-bond donors (Lipinski definition) is 1. The molecule has 0 fully saturated rings. The predicted molar refractivity (Wildman–Crippen MR) is 71.2 cm³/mol. The molecule has 0 atom stereocenters. The van der Waals surface area contributed by atoms with E-state index in [9.17, 15) is 0 Å². The van der Waals surface area contributed by atoms with Gasteiger partial charge >= 0.3 is 0 Å². The SMILES string of the molecule is OCC#Cc1cccc(COc2ccccc2)c1. The summed E-state index contributed by atoms with van der Waals surface area (Å²) in [6.45, 7) is 0.392. The third kappa shape index (κ3) is 3.65. The molecule has 0 aliphatic rings. The van der Waals surface area contributed by atoms with Gasteiger partial charge in [-0.2, -0.15) is 0 Å². The monoisotopic (exact) mass is 238 g/mol. The molecule has 0 bridgehead atoms. The fraction of sp³-hybridized carbons (Fsp3) is 0.125. The van der Waals surface area contributed by atoms with Crippen molar-refractivity contribution < 1.29 is 9.84 Å². The summed E-state index contributed by atoms with van der Waals surface area (Å²) in [6.07, 6.45) is 0. The van der Waals surface area contributed by atoms with Gasteiger partial charge in [0.05, 0.1) is 0 Å². The van der Waals surface area contributed by atoms with Gasteiger partial charge < -0.3 is 9.84 Å². The Hall–Kier alpha value is -2.24. The summed E-state index contributed by atoms with van der Waals surface area (Å²) in [6, 6.07) is 17.5. The zero-order valence-corrected chi connectivity index (χ0v) is 9.97. The number of benzene rings is 2. The molecule has 0 aliphatic carbocycles. The molecule has 2 heteroatoms. The van der Waals surface area contributed by atoms with Gasteiger partial charge in [0.1, 0.15) is 19.0 Å². The van der Waals surface area contributed by atoms with Gasteiger partial charge in [0.25, 0.3) is 0 Å². The Morgan fingerprint density at radius 3 is 2.61 bits per heavy atom. The van der Waals surface area contributed by atoms with Crippen molar-refractivity contribution in [2.45, 2.75) is 6.61 Å². The fourth-order valence-corrected chi connectivity index (χ4v) is 1.56. The minimum absolute atomic E-state index is 0.120. The second-order valence-electron chi connectivity index (χ2n) is 3.76. The molecule has 0 amide bonds. The van der Waals surface area contributed by atoms with Gasteiger partial charge in [-0.3, -0.25) is 0 Å². The van der Waals surface area contributed by atoms with Gasteiger partial charge in [-0.15, -0.1) is 0 Å². The smallest absolute Gasteiger partial charge is 0.119 e. The first-order chi connectivity index (χ1) is 8.88. The van der Waals surface area contributed by atoms with Gasteiger partial charge in [0, 0.05) is 5.56 Å². The molecule has 18 heavy (non-hydrogen) atoms. The fourth-order valence-electron chi connectivity index (χ4n) is 1.56. The van der Waals surface area contributed by atoms with E-state index in [2.05, 4.69) is 11.8 Å². The van der Waals surface area contributed by atoms with E-state index in [1.54, 1.807) is 0 Å². The zero-order chi connectivity index (χ0) is 12.6. The lowest BCUT2D eigenvalue weighted by Gasteiger charge is -2.06. The highest BCUT2D eigenvalue weighted by Crippen LogP contribution is 2.12. The summed E-state index contributed by atoms with van der Waals surface area (Å²) >= 11 is 0. The van der Waals surface area contributed by atoms with Crippen LogP contribution in [0.2, 0.25) is 0 Å². The summed E-state index contributed by atoms with van der Waals surface area (Å²) in [5, 5.41) is 8.65. The number of hydrogen-bond acceptors (Lipinski definition) is 2. The first-order valence-electron chi connectivity index (χ1n) is 5.75. The third-order valence-electron chi connectivity index (χ3n) is 2.39. The normalized spacial score (nSPS) is 9.39. The average molecular weight is 238 g/mol. The van der Waals surface area contributed by atoms with Crippen molar-refractivity contribution in [2.75, 3.05) is 6.61 Å². The molecule has 0 heterocycles. The van der Waals surface area contributed by atoms with E-state index in [1.165, 1.54) is 0 Å². The van der Waals surface area contributed by atoms with E-state index in [4.69, 9.17) is 9.84 Å². The summed E-state index contributed by atoms with van der Waals surface area (Å²) in [5.41, 5.74) is 1.95. The highest BCUT2D eigenvalue weighted by Gasteiger charge is 1.96. The lowest BCUT2D eigenvalue weighted by atomic mass is 10.1. The van der Waals surface area contributed by atoms with Crippen molar-refractivity contribution in [3.63, 3.8) is 0 Å². The van der Waals surface area contributed by atoms with Crippen LogP contribution in [-0.2, 0) is 6.61 Å². The standard InChI is InChI=1S/C16H14O2/c17-11-5-8-14-6-4-7-15(12-14)13-18-16-9-2-1-3-10-16/h1-4,6-7,9-10,12,17H,11,13H2. The molecule has 0 spiro atoms. The Labute approximate surface area is 107 Å². The highest BCUT2D eigenvalue weighted by atomic mass is 16.5. The van der Waals surface area contributed by atoms with E-state index in [0.29, 0.717) is 6.61 Å². The summed E-state index contributed by atoms with van der Waals surface area (Å²) in [5.74, 6) is 6.36. The Morgan fingerprint density at radius 1 is 1.00 bits per heavy atom. The van der Waals surface area contributed by atoms with Crippen LogP contribution in [0.15, 0.2) is 54.6 Å². The molecule has 0 saturated heterocycles. The van der Waals surface area contributed by atoms with Gasteiger partial charge in [0.15, 0.2) is 0 Å². The minimum Gasteiger partial charge on any atom is -0.489 e. The highest BCUT2D eigenvalue weighted by molar-refractivity contribution is 5.37. The summed E-state index contributed by atoms with van der Waals surface area (Å²) in [4.78, 5) is 0. The van der Waals surface area contributed by atoms with Gasteiger partial charge in [-0.25, -0.2) is 0 Å². The Kier molecular flexibility index (Phi) is 4.40. The molecule has 1 N–H and O–H groups in total. The van der Waals surface area contributed by atoms with Gasteiger partial charge in [-0.05, 0) is 29.8 Å². The Morgan fingerprint density at radius 2 is 1.83 bits per heavy atom. The van der Waals surface area contributed by atoms with Crippen LogP contribution in [0.1, 0.15) is 11.1 Å². The molecular weight excluding hydrogens is 224 g/mol. The summed E-state index contributed by atoms with van der Waals surface area (Å²) < 4.78 is 5.65. The number of ether oxygens (including phenoxy) is 1. The van der Waals surface area contributed by atoms with Crippen molar-refractivity contribution in [3.8, 4) is 17.6 Å². The molecule has 0 aromatic heterocycles. The number of para-hydroxylation sites is 1. The lowest BCUT2D eigenvalue weighted by molar-refractivity contribution is 0.306. The van der Waals surface area contributed by atoms with E-state index >= 15 is 0 Å². The molecular formula is C16H14O2. The average Bonchev–Trinajstić information content (AvgIpc) is 2.44. The van der Waals surface area contributed by atoms with Crippen molar-refractivity contribution in [1.82, 2.24) is 0 Å². The first kappa shape index (κ1) is 12.2. The maximum absolute atomic E-state index is 8.65. The van der Waals surface area contributed by atoms with Crippen molar-refractivity contribution in [1.29, 1.82) is 0 Å². The second-order valence-corrected chi connectivity index (χ2v) is 3.76. The molecule has 90 valence electrons. The Bertz CT molecular complexity index is 550. The molecule has 0 unspecified atom stereocenters. The predicted octanol–water partition coefficient (Wildman–Crippen LogP) is 2.61. The van der Waals surface area contributed by atoms with Gasteiger partial charge in [-0.1, -0.05) is 42.2 Å². The second kappa shape index (κ2) is 6.48. The molecule has 0 saturated carbocycles. The minimum atomic E-state index is -0.120. The number of rotatable bonds is 3. The van der Waals surface area contributed by atoms with E-state index in [1.807, 2.05) is 54.6 Å². The van der Waals surface area contributed by atoms with E-state index in [0.717, 1.165) is 16.9 Å². The van der Waals surface area contributed by atoms with Crippen LogP contribution in [0.4, 0.5) is 0 Å². The lowest BCUT2D eigenvalue weighted by Crippen LogP contribution is -1.95. The molecule has 2 rings (SSSR count). The molecule has 0 radical (unpaired) electrons.